The van der Waals surface area contributed by atoms with Gasteiger partial charge in [0.1, 0.15) is 17.8 Å². The predicted molar refractivity (Wildman–Crippen MR) is 110 cm³/mol. The number of esters is 1. The number of urea groups is 1. The molecule has 0 aliphatic carbocycles. The predicted octanol–water partition coefficient (Wildman–Crippen LogP) is 2.31. The van der Waals surface area contributed by atoms with Crippen LogP contribution in [0.4, 0.5) is 10.5 Å². The maximum atomic E-state index is 12.6. The second-order valence-electron chi connectivity index (χ2n) is 7.94. The van der Waals surface area contributed by atoms with Crippen LogP contribution in [-0.2, 0) is 19.1 Å². The van der Waals surface area contributed by atoms with Gasteiger partial charge in [-0.05, 0) is 56.9 Å². The Morgan fingerprint density at radius 1 is 1.17 bits per heavy atom. The van der Waals surface area contributed by atoms with E-state index in [1.807, 2.05) is 13.8 Å². The quantitative estimate of drug-likeness (QED) is 0.469. The van der Waals surface area contributed by atoms with Crippen molar-refractivity contribution in [3.8, 4) is 5.75 Å². The van der Waals surface area contributed by atoms with Crippen LogP contribution in [-0.4, -0.2) is 54.0 Å². The maximum Gasteiger partial charge on any atom is 0.327 e. The van der Waals surface area contributed by atoms with E-state index >= 15 is 0 Å². The van der Waals surface area contributed by atoms with Crippen molar-refractivity contribution in [1.29, 1.82) is 0 Å². The van der Waals surface area contributed by atoms with E-state index in [0.717, 1.165) is 11.3 Å². The molecule has 1 fully saturated rings. The fourth-order valence-corrected chi connectivity index (χ4v) is 2.97. The van der Waals surface area contributed by atoms with Crippen LogP contribution in [0.3, 0.4) is 0 Å². The van der Waals surface area contributed by atoms with Crippen LogP contribution in [0.1, 0.15) is 40.5 Å². The summed E-state index contributed by atoms with van der Waals surface area (Å²) in [6.07, 6.45) is 0.123. The molecule has 1 saturated heterocycles. The van der Waals surface area contributed by atoms with E-state index < -0.39 is 42.0 Å². The molecule has 0 radical (unpaired) electrons. The Kier molecular flexibility index (Phi) is 7.42. The lowest BCUT2D eigenvalue weighted by molar-refractivity contribution is -0.155. The summed E-state index contributed by atoms with van der Waals surface area (Å²) in [5, 5.41) is 5.27. The van der Waals surface area contributed by atoms with Crippen LogP contribution in [0.15, 0.2) is 24.3 Å². The highest BCUT2D eigenvalue weighted by atomic mass is 16.5. The van der Waals surface area contributed by atoms with E-state index in [0.29, 0.717) is 23.8 Å². The lowest BCUT2D eigenvalue weighted by Crippen LogP contribution is -2.44. The molecule has 1 aromatic carbocycles. The highest BCUT2D eigenvalue weighted by Gasteiger charge is 2.48. The summed E-state index contributed by atoms with van der Waals surface area (Å²) >= 11 is 0. The van der Waals surface area contributed by atoms with Crippen LogP contribution in [0, 0.1) is 5.92 Å². The number of carbonyl (C=O) groups is 4. The first-order valence-electron chi connectivity index (χ1n) is 9.84. The number of hydrogen-bond donors (Lipinski definition) is 2. The smallest absolute Gasteiger partial charge is 0.327 e. The molecule has 1 aliphatic heterocycles. The number of rotatable bonds is 9. The number of nitrogens with zero attached hydrogens (tertiary/aromatic N) is 1. The molecule has 30 heavy (non-hydrogen) atoms. The van der Waals surface area contributed by atoms with Crippen molar-refractivity contribution >= 4 is 29.5 Å². The van der Waals surface area contributed by atoms with Gasteiger partial charge in [-0.1, -0.05) is 13.8 Å². The number of anilines is 1. The molecule has 0 spiro atoms. The molecule has 9 nitrogen and oxygen atoms in total. The number of imide groups is 1. The SMILES string of the molecule is COc1ccc(NC(=O)[C@H](C)OC(=O)CN2C(=O)N[C@@](C)(CCC(C)C)C2=O)cc1. The maximum absolute atomic E-state index is 12.6. The summed E-state index contributed by atoms with van der Waals surface area (Å²) < 4.78 is 10.2. The van der Waals surface area contributed by atoms with Gasteiger partial charge in [0.2, 0.25) is 0 Å². The molecule has 1 heterocycles. The fourth-order valence-electron chi connectivity index (χ4n) is 2.97. The number of nitrogens with one attached hydrogen (secondary N) is 2. The summed E-state index contributed by atoms with van der Waals surface area (Å²) in [5.41, 5.74) is -0.530. The summed E-state index contributed by atoms with van der Waals surface area (Å²) in [4.78, 5) is 50.1. The van der Waals surface area contributed by atoms with Gasteiger partial charge >= 0.3 is 12.0 Å². The molecule has 2 N–H and O–H groups in total. The Morgan fingerprint density at radius 3 is 2.37 bits per heavy atom. The first-order valence-corrected chi connectivity index (χ1v) is 9.84. The van der Waals surface area contributed by atoms with Gasteiger partial charge in [-0.15, -0.1) is 0 Å². The van der Waals surface area contributed by atoms with Gasteiger partial charge in [0.05, 0.1) is 7.11 Å². The second-order valence-corrected chi connectivity index (χ2v) is 7.94. The van der Waals surface area contributed by atoms with Crippen LogP contribution < -0.4 is 15.4 Å². The molecule has 1 aliphatic rings. The number of ether oxygens (including phenoxy) is 2. The molecule has 0 saturated carbocycles. The van der Waals surface area contributed by atoms with Crippen LogP contribution in [0.5, 0.6) is 5.75 Å². The van der Waals surface area contributed by atoms with Crippen molar-refractivity contribution in [2.24, 2.45) is 5.92 Å². The first-order chi connectivity index (χ1) is 14.1. The lowest BCUT2D eigenvalue weighted by Gasteiger charge is -2.22. The zero-order valence-electron chi connectivity index (χ0n) is 18.0. The average molecular weight is 419 g/mol. The average Bonchev–Trinajstić information content (AvgIpc) is 2.90. The number of hydrogen-bond acceptors (Lipinski definition) is 6. The fraction of sp³-hybridized carbons (Fsp3) is 0.524. The van der Waals surface area contributed by atoms with Crippen molar-refractivity contribution in [3.63, 3.8) is 0 Å². The van der Waals surface area contributed by atoms with Gasteiger partial charge in [-0.2, -0.15) is 0 Å². The van der Waals surface area contributed by atoms with Gasteiger partial charge < -0.3 is 20.1 Å². The molecule has 4 amide bonds. The topological polar surface area (TPSA) is 114 Å². The van der Waals surface area contributed by atoms with Crippen molar-refractivity contribution in [1.82, 2.24) is 10.2 Å². The number of benzene rings is 1. The zero-order valence-corrected chi connectivity index (χ0v) is 18.0. The molecule has 1 aromatic rings. The Hall–Kier alpha value is -3.10. The van der Waals surface area contributed by atoms with E-state index in [4.69, 9.17) is 9.47 Å². The standard InChI is InChI=1S/C21H29N3O6/c1-13(2)10-11-21(4)19(27)24(20(28)23-21)12-17(25)30-14(3)18(26)22-15-6-8-16(29-5)9-7-15/h6-9,13-14H,10-12H2,1-5H3,(H,22,26)(H,23,28)/t14-,21-/m0/s1. The minimum absolute atomic E-state index is 0.371. The summed E-state index contributed by atoms with van der Waals surface area (Å²) in [7, 11) is 1.54. The van der Waals surface area contributed by atoms with E-state index in [-0.39, 0.29) is 0 Å². The van der Waals surface area contributed by atoms with E-state index in [1.165, 1.54) is 14.0 Å². The Balaban J connectivity index is 1.90. The van der Waals surface area contributed by atoms with Gasteiger partial charge in [-0.25, -0.2) is 4.79 Å². The highest BCUT2D eigenvalue weighted by Crippen LogP contribution is 2.24. The Bertz CT molecular complexity index is 807. The molecule has 0 unspecified atom stereocenters. The lowest BCUT2D eigenvalue weighted by atomic mass is 9.92. The molecule has 2 atom stereocenters. The number of amides is 4. The zero-order chi connectivity index (χ0) is 22.5. The minimum atomic E-state index is -1.10. The normalized spacial score (nSPS) is 19.5. The van der Waals surface area contributed by atoms with E-state index in [1.54, 1.807) is 31.2 Å². The summed E-state index contributed by atoms with van der Waals surface area (Å²) in [5.74, 6) is -0.839. The summed E-state index contributed by atoms with van der Waals surface area (Å²) in [6.45, 7) is 6.56. The Morgan fingerprint density at radius 2 is 1.80 bits per heavy atom. The van der Waals surface area contributed by atoms with Crippen molar-refractivity contribution in [3.05, 3.63) is 24.3 Å². The highest BCUT2D eigenvalue weighted by molar-refractivity contribution is 6.08. The van der Waals surface area contributed by atoms with E-state index in [2.05, 4.69) is 10.6 Å². The van der Waals surface area contributed by atoms with E-state index in [9.17, 15) is 19.2 Å². The molecule has 0 aromatic heterocycles. The molecular formula is C21H29N3O6. The number of carbonyl (C=O) groups excluding carboxylic acids is 4. The largest absolute Gasteiger partial charge is 0.497 e. The first kappa shape index (κ1) is 23.2. The minimum Gasteiger partial charge on any atom is -0.497 e. The molecule has 2 rings (SSSR count). The molecular weight excluding hydrogens is 390 g/mol. The molecule has 9 heteroatoms. The van der Waals surface area contributed by atoms with Gasteiger partial charge in [0, 0.05) is 5.69 Å². The van der Waals surface area contributed by atoms with Crippen molar-refractivity contribution in [2.45, 2.75) is 52.2 Å². The second kappa shape index (κ2) is 9.60. The monoisotopic (exact) mass is 419 g/mol. The summed E-state index contributed by atoms with van der Waals surface area (Å²) in [6, 6.07) is 6.02. The third-order valence-corrected chi connectivity index (χ3v) is 4.89. The molecule has 0 bridgehead atoms. The number of methoxy groups -OCH3 is 1. The van der Waals surface area contributed by atoms with Crippen molar-refractivity contribution < 1.29 is 28.7 Å². The van der Waals surface area contributed by atoms with Gasteiger partial charge in [0.15, 0.2) is 6.10 Å². The third kappa shape index (κ3) is 5.71. The van der Waals surface area contributed by atoms with Crippen molar-refractivity contribution in [2.75, 3.05) is 19.0 Å². The molecule has 164 valence electrons. The van der Waals surface area contributed by atoms with Gasteiger partial charge in [0.25, 0.3) is 11.8 Å². The van der Waals surface area contributed by atoms with Crippen LogP contribution in [0.25, 0.3) is 0 Å². The van der Waals surface area contributed by atoms with Crippen LogP contribution in [0.2, 0.25) is 0 Å². The Labute approximate surface area is 176 Å². The van der Waals surface area contributed by atoms with Crippen LogP contribution >= 0.6 is 0 Å². The third-order valence-electron chi connectivity index (χ3n) is 4.89. The van der Waals surface area contributed by atoms with Gasteiger partial charge in [-0.3, -0.25) is 19.3 Å².